The molecule has 1 saturated carbocycles. The van der Waals surface area contributed by atoms with Gasteiger partial charge >= 0.3 is 0 Å². The Kier molecular flexibility index (Phi) is 2.77. The molecule has 1 fully saturated rings. The zero-order chi connectivity index (χ0) is 13.8. The second kappa shape index (κ2) is 4.12. The van der Waals surface area contributed by atoms with E-state index < -0.39 is 10.0 Å². The lowest BCUT2D eigenvalue weighted by Gasteiger charge is -2.05. The lowest BCUT2D eigenvalue weighted by Crippen LogP contribution is -2.18. The highest BCUT2D eigenvalue weighted by Gasteiger charge is 2.33. The van der Waals surface area contributed by atoms with E-state index in [4.69, 9.17) is 5.14 Å². The van der Waals surface area contributed by atoms with Crippen molar-refractivity contribution in [3.05, 3.63) is 16.5 Å². The standard InChI is InChI=1S/C11H14N4O2S2/c1-6-5-9(18-7(6)2)10-13-14-11(19(12,16)17)15(10)8-3-4-8/h5,8H,3-4H2,1-2H3,(H2,12,16,17). The highest BCUT2D eigenvalue weighted by Crippen LogP contribution is 2.41. The number of aryl methyl sites for hydroxylation is 2. The number of primary sulfonamides is 1. The quantitative estimate of drug-likeness (QED) is 0.932. The first-order valence-electron chi connectivity index (χ1n) is 5.93. The number of hydrogen-bond donors (Lipinski definition) is 1. The molecule has 0 amide bonds. The summed E-state index contributed by atoms with van der Waals surface area (Å²) in [7, 11) is -3.83. The van der Waals surface area contributed by atoms with Gasteiger partial charge in [0, 0.05) is 10.9 Å². The third-order valence-corrected chi connectivity index (χ3v) is 5.15. The summed E-state index contributed by atoms with van der Waals surface area (Å²) in [5, 5.41) is 12.9. The lowest BCUT2D eigenvalue weighted by atomic mass is 10.3. The van der Waals surface area contributed by atoms with Gasteiger partial charge < -0.3 is 0 Å². The molecule has 2 aromatic rings. The van der Waals surface area contributed by atoms with Gasteiger partial charge in [-0.05, 0) is 38.3 Å². The van der Waals surface area contributed by atoms with E-state index in [0.717, 1.165) is 17.7 Å². The Morgan fingerprint density at radius 3 is 2.53 bits per heavy atom. The molecule has 0 unspecified atom stereocenters. The fourth-order valence-electron chi connectivity index (χ4n) is 1.98. The van der Waals surface area contributed by atoms with Gasteiger partial charge in [0.25, 0.3) is 15.2 Å². The molecule has 0 aliphatic heterocycles. The Bertz CT molecular complexity index is 721. The Hall–Kier alpha value is -1.25. The molecular weight excluding hydrogens is 284 g/mol. The van der Waals surface area contributed by atoms with Crippen LogP contribution in [-0.2, 0) is 10.0 Å². The molecule has 0 aromatic carbocycles. The second-order valence-corrected chi connectivity index (χ2v) is 7.51. The summed E-state index contributed by atoms with van der Waals surface area (Å²) < 4.78 is 24.8. The topological polar surface area (TPSA) is 90.9 Å². The van der Waals surface area contributed by atoms with Crippen molar-refractivity contribution in [3.63, 3.8) is 0 Å². The van der Waals surface area contributed by atoms with Crippen LogP contribution in [0.2, 0.25) is 0 Å². The molecule has 0 radical (unpaired) electrons. The van der Waals surface area contributed by atoms with Gasteiger partial charge in [0.15, 0.2) is 5.82 Å². The van der Waals surface area contributed by atoms with Gasteiger partial charge in [-0.1, -0.05) is 0 Å². The fourth-order valence-corrected chi connectivity index (χ4v) is 3.66. The van der Waals surface area contributed by atoms with E-state index in [1.54, 1.807) is 15.9 Å². The number of aromatic nitrogens is 3. The molecular formula is C11H14N4O2S2. The largest absolute Gasteiger partial charge is 0.293 e. The molecule has 1 aliphatic carbocycles. The SMILES string of the molecule is Cc1cc(-c2nnc(S(N)(=O)=O)n2C2CC2)sc1C. The Morgan fingerprint density at radius 1 is 1.37 bits per heavy atom. The van der Waals surface area contributed by atoms with Crippen LogP contribution in [-0.4, -0.2) is 23.2 Å². The minimum Gasteiger partial charge on any atom is -0.293 e. The van der Waals surface area contributed by atoms with Crippen LogP contribution in [0.1, 0.15) is 29.3 Å². The highest BCUT2D eigenvalue weighted by atomic mass is 32.2. The maximum atomic E-state index is 11.6. The normalized spacial score (nSPS) is 15.9. The van der Waals surface area contributed by atoms with Crippen molar-refractivity contribution in [2.75, 3.05) is 0 Å². The van der Waals surface area contributed by atoms with Gasteiger partial charge in [-0.3, -0.25) is 4.57 Å². The van der Waals surface area contributed by atoms with Crippen LogP contribution in [0.25, 0.3) is 10.7 Å². The van der Waals surface area contributed by atoms with Gasteiger partial charge in [-0.2, -0.15) is 0 Å². The van der Waals surface area contributed by atoms with Gasteiger partial charge in [-0.25, -0.2) is 13.6 Å². The monoisotopic (exact) mass is 298 g/mol. The summed E-state index contributed by atoms with van der Waals surface area (Å²) in [5.74, 6) is 0.604. The minimum atomic E-state index is -3.83. The molecule has 2 aromatic heterocycles. The van der Waals surface area contributed by atoms with E-state index in [0.29, 0.717) is 5.82 Å². The fraction of sp³-hybridized carbons (Fsp3) is 0.455. The van der Waals surface area contributed by atoms with E-state index in [-0.39, 0.29) is 11.2 Å². The Balaban J connectivity index is 2.19. The van der Waals surface area contributed by atoms with Crippen molar-refractivity contribution < 1.29 is 8.42 Å². The zero-order valence-electron chi connectivity index (χ0n) is 10.6. The number of sulfonamides is 1. The number of thiophene rings is 1. The van der Waals surface area contributed by atoms with E-state index in [2.05, 4.69) is 10.2 Å². The lowest BCUT2D eigenvalue weighted by molar-refractivity contribution is 0.567. The highest BCUT2D eigenvalue weighted by molar-refractivity contribution is 7.89. The summed E-state index contributed by atoms with van der Waals surface area (Å²) in [6.45, 7) is 4.05. The maximum Gasteiger partial charge on any atom is 0.273 e. The van der Waals surface area contributed by atoms with Crippen LogP contribution >= 0.6 is 11.3 Å². The Labute approximate surface area is 115 Å². The maximum absolute atomic E-state index is 11.6. The third kappa shape index (κ3) is 2.19. The van der Waals surface area contributed by atoms with Crippen LogP contribution in [0.15, 0.2) is 11.2 Å². The van der Waals surface area contributed by atoms with E-state index in [9.17, 15) is 8.42 Å². The second-order valence-electron chi connectivity index (χ2n) is 4.80. The van der Waals surface area contributed by atoms with Gasteiger partial charge in [-0.15, -0.1) is 21.5 Å². The summed E-state index contributed by atoms with van der Waals surface area (Å²) in [6.07, 6.45) is 1.88. The summed E-state index contributed by atoms with van der Waals surface area (Å²) >= 11 is 1.59. The van der Waals surface area contributed by atoms with Crippen LogP contribution in [0.4, 0.5) is 0 Å². The van der Waals surface area contributed by atoms with Crippen molar-refractivity contribution in [1.29, 1.82) is 0 Å². The van der Waals surface area contributed by atoms with Crippen molar-refractivity contribution >= 4 is 21.4 Å². The van der Waals surface area contributed by atoms with Crippen LogP contribution in [0, 0.1) is 13.8 Å². The first-order chi connectivity index (χ1) is 8.88. The van der Waals surface area contributed by atoms with Crippen molar-refractivity contribution in [1.82, 2.24) is 14.8 Å². The van der Waals surface area contributed by atoms with Gasteiger partial charge in [0.1, 0.15) is 0 Å². The van der Waals surface area contributed by atoms with Crippen LogP contribution in [0.5, 0.6) is 0 Å². The molecule has 3 rings (SSSR count). The van der Waals surface area contributed by atoms with Crippen LogP contribution in [0.3, 0.4) is 0 Å². The van der Waals surface area contributed by atoms with Crippen LogP contribution < -0.4 is 5.14 Å². The molecule has 0 saturated heterocycles. The number of nitrogens with zero attached hydrogens (tertiary/aromatic N) is 3. The predicted molar refractivity (Wildman–Crippen MR) is 72.5 cm³/mol. The average Bonchev–Trinajstić information content (AvgIpc) is 2.95. The molecule has 6 nitrogen and oxygen atoms in total. The first-order valence-corrected chi connectivity index (χ1v) is 8.29. The third-order valence-electron chi connectivity index (χ3n) is 3.22. The van der Waals surface area contributed by atoms with Crippen molar-refractivity contribution in [2.24, 2.45) is 5.14 Å². The first kappa shape index (κ1) is 12.8. The van der Waals surface area contributed by atoms with Crippen molar-refractivity contribution in [2.45, 2.75) is 37.9 Å². The molecule has 1 aliphatic rings. The average molecular weight is 298 g/mol. The summed E-state index contributed by atoms with van der Waals surface area (Å²) in [6, 6.07) is 2.16. The van der Waals surface area contributed by atoms with E-state index >= 15 is 0 Å². The molecule has 0 spiro atoms. The minimum absolute atomic E-state index is 0.131. The molecule has 19 heavy (non-hydrogen) atoms. The number of hydrogen-bond acceptors (Lipinski definition) is 5. The molecule has 8 heteroatoms. The Morgan fingerprint density at radius 2 is 2.05 bits per heavy atom. The zero-order valence-corrected chi connectivity index (χ0v) is 12.3. The number of rotatable bonds is 3. The molecule has 2 heterocycles. The molecule has 0 atom stereocenters. The predicted octanol–water partition coefficient (Wildman–Crippen LogP) is 1.61. The van der Waals surface area contributed by atoms with Gasteiger partial charge in [0.05, 0.1) is 4.88 Å². The van der Waals surface area contributed by atoms with Crippen molar-refractivity contribution in [3.8, 4) is 10.7 Å². The molecule has 102 valence electrons. The summed E-state index contributed by atoms with van der Waals surface area (Å²) in [4.78, 5) is 2.13. The smallest absolute Gasteiger partial charge is 0.273 e. The van der Waals surface area contributed by atoms with Gasteiger partial charge in [0.2, 0.25) is 0 Å². The molecule has 2 N–H and O–H groups in total. The number of nitrogens with two attached hydrogens (primary N) is 1. The van der Waals surface area contributed by atoms with E-state index in [1.807, 2.05) is 19.9 Å². The summed E-state index contributed by atoms with van der Waals surface area (Å²) in [5.41, 5.74) is 1.17. The molecule has 0 bridgehead atoms. The van der Waals surface area contributed by atoms with E-state index in [1.165, 1.54) is 10.4 Å².